The van der Waals surface area contributed by atoms with Crippen molar-refractivity contribution in [1.82, 2.24) is 0 Å². The Bertz CT molecular complexity index is 1770. The number of aliphatic hydroxyl groups excluding tert-OH is 9. The molecule has 0 aromatic carbocycles. The summed E-state index contributed by atoms with van der Waals surface area (Å²) in [7, 11) is 1.28. The fourth-order valence-electron chi connectivity index (χ4n) is 8.38. The van der Waals surface area contributed by atoms with Crippen LogP contribution in [-0.4, -0.2) is 169 Å². The molecule has 2 saturated heterocycles. The van der Waals surface area contributed by atoms with E-state index in [9.17, 15) is 55.5 Å². The van der Waals surface area contributed by atoms with Gasteiger partial charge in [-0.2, -0.15) is 0 Å². The van der Waals surface area contributed by atoms with Gasteiger partial charge >= 0.3 is 11.9 Å². The molecule has 2 fully saturated rings. The van der Waals surface area contributed by atoms with Crippen molar-refractivity contribution in [3.63, 3.8) is 0 Å². The van der Waals surface area contributed by atoms with Gasteiger partial charge in [-0.05, 0) is 33.1 Å². The van der Waals surface area contributed by atoms with Gasteiger partial charge in [0, 0.05) is 44.6 Å². The van der Waals surface area contributed by atoms with Crippen LogP contribution in [0.2, 0.25) is 0 Å². The third-order valence-electron chi connectivity index (χ3n) is 12.7. The molecule has 2 bridgehead atoms. The first-order chi connectivity index (χ1) is 32.7. The van der Waals surface area contributed by atoms with E-state index in [1.54, 1.807) is 63.3 Å². The molecule has 3 rings (SSSR count). The SMILES string of the molecule is C=CCOC(=O)[C@H]1[C@@H]2C[C@@H](O[C@@H]3O[C@H](C)[C@@H](O)[C@H](N)[C@@H]3O)/C=C/C=C/C=C/C=C/C=C/C=C/C=C/[C@H](C)[C@@H](O)[C@@H](C)[C@H](C)OC(=O)C[C@H](O)C[C@H](O)CC[C@@H](O)[C@H](O)C[C@H](O)C[C@](OC)(C[C@@H]1O)O2. The lowest BCUT2D eigenvalue weighted by Crippen LogP contribution is -2.61. The number of methoxy groups -OCH3 is 1. The number of allylic oxidation sites excluding steroid dienone is 12. The zero-order valence-corrected chi connectivity index (χ0v) is 40.5. The minimum Gasteiger partial charge on any atom is -0.462 e. The van der Waals surface area contributed by atoms with E-state index < -0.39 is 134 Å². The standard InChI is InChI=1S/C51H79NO17/c1-7-24-65-49(63)44-41(58)30-51(64-6)29-37(55)26-40(57)39(56)23-22-35(53)25-36(54)27-43(59)66-33(4)32(3)46(60)31(2)20-18-16-14-12-10-8-9-11-13-15-17-19-21-38(28-42(44)69-51)68-50-48(62)45(52)47(61)34(5)67-50/h7-21,31-42,44-48,50,53-58,60-62H,1,22-30,52H2,2-6H3/b9-8+,12-10+,13-11+,16-14+,17-15+,20-18+,21-19+/t31-,32-,33-,34+,35+,36+,37-,38-,39+,40+,41-,42-,44+,45-,46+,47+,48-,50-,51+/m0/s1. The average Bonchev–Trinajstić information content (AvgIpc) is 3.29. The van der Waals surface area contributed by atoms with E-state index in [-0.39, 0.29) is 51.0 Å². The zero-order chi connectivity index (χ0) is 51.3. The predicted molar refractivity (Wildman–Crippen MR) is 255 cm³/mol. The first kappa shape index (κ1) is 59.6. The number of carbonyl (C=O) groups excluding carboxylic acids is 2. The Hall–Kier alpha value is -3.70. The van der Waals surface area contributed by atoms with Crippen LogP contribution in [0.5, 0.6) is 0 Å². The summed E-state index contributed by atoms with van der Waals surface area (Å²) in [5.41, 5.74) is 6.11. The van der Waals surface area contributed by atoms with Gasteiger partial charge in [0.25, 0.3) is 0 Å². The van der Waals surface area contributed by atoms with Gasteiger partial charge in [-0.15, -0.1) is 0 Å². The summed E-state index contributed by atoms with van der Waals surface area (Å²) in [4.78, 5) is 26.2. The molecule has 0 unspecified atom stereocenters. The van der Waals surface area contributed by atoms with Crippen LogP contribution in [0.4, 0.5) is 0 Å². The van der Waals surface area contributed by atoms with Gasteiger partial charge in [-0.1, -0.05) is 112 Å². The van der Waals surface area contributed by atoms with E-state index in [2.05, 4.69) is 6.58 Å². The molecule has 0 aliphatic carbocycles. The molecule has 3 heterocycles. The van der Waals surface area contributed by atoms with Crippen molar-refractivity contribution in [2.24, 2.45) is 23.5 Å². The Balaban J connectivity index is 1.94. The van der Waals surface area contributed by atoms with Crippen molar-refractivity contribution in [3.05, 3.63) is 97.7 Å². The van der Waals surface area contributed by atoms with Crippen LogP contribution in [0.1, 0.15) is 79.1 Å². The van der Waals surface area contributed by atoms with Crippen molar-refractivity contribution in [2.75, 3.05) is 13.7 Å². The summed E-state index contributed by atoms with van der Waals surface area (Å²) < 4.78 is 35.2. The molecular weight excluding hydrogens is 899 g/mol. The average molecular weight is 978 g/mol. The Morgan fingerprint density at radius 2 is 1.32 bits per heavy atom. The van der Waals surface area contributed by atoms with Crippen LogP contribution in [0.25, 0.3) is 0 Å². The Morgan fingerprint density at radius 3 is 1.91 bits per heavy atom. The third kappa shape index (κ3) is 19.8. The van der Waals surface area contributed by atoms with Crippen LogP contribution < -0.4 is 5.73 Å². The number of esters is 2. The molecule has 19 atom stereocenters. The number of nitrogens with two attached hydrogens (primary N) is 1. The summed E-state index contributed by atoms with van der Waals surface area (Å²) in [6.07, 6.45) is 7.27. The van der Waals surface area contributed by atoms with Crippen molar-refractivity contribution < 1.29 is 84.0 Å². The van der Waals surface area contributed by atoms with Crippen molar-refractivity contribution in [1.29, 1.82) is 0 Å². The number of carbonyl (C=O) groups is 2. The second-order valence-electron chi connectivity index (χ2n) is 18.3. The van der Waals surface area contributed by atoms with E-state index in [1.165, 1.54) is 13.2 Å². The molecule has 0 spiro atoms. The van der Waals surface area contributed by atoms with Crippen LogP contribution in [0, 0.1) is 17.8 Å². The molecule has 3 aliphatic heterocycles. The van der Waals surface area contributed by atoms with Crippen LogP contribution in [0.15, 0.2) is 97.7 Å². The number of aliphatic hydroxyl groups is 9. The topological polar surface area (TPSA) is 298 Å². The number of cyclic esters (lactones) is 1. The first-order valence-electron chi connectivity index (χ1n) is 23.8. The largest absolute Gasteiger partial charge is 0.462 e. The summed E-state index contributed by atoms with van der Waals surface area (Å²) in [5.74, 6) is -5.32. The Morgan fingerprint density at radius 1 is 0.725 bits per heavy atom. The third-order valence-corrected chi connectivity index (χ3v) is 12.7. The molecule has 11 N–H and O–H groups in total. The van der Waals surface area contributed by atoms with Gasteiger partial charge in [0.15, 0.2) is 12.1 Å². The van der Waals surface area contributed by atoms with Crippen molar-refractivity contribution >= 4 is 11.9 Å². The van der Waals surface area contributed by atoms with E-state index in [1.807, 2.05) is 49.5 Å². The monoisotopic (exact) mass is 978 g/mol. The van der Waals surface area contributed by atoms with E-state index in [4.69, 9.17) is 34.2 Å². The summed E-state index contributed by atoms with van der Waals surface area (Å²) in [6.45, 7) is 10.2. The molecule has 69 heavy (non-hydrogen) atoms. The van der Waals surface area contributed by atoms with Crippen LogP contribution in [0.3, 0.4) is 0 Å². The molecular formula is C51H79NO17. The highest BCUT2D eigenvalue weighted by Crippen LogP contribution is 2.40. The van der Waals surface area contributed by atoms with E-state index in [0.29, 0.717) is 0 Å². The van der Waals surface area contributed by atoms with Crippen LogP contribution in [-0.2, 0) is 38.0 Å². The lowest BCUT2D eigenvalue weighted by Gasteiger charge is -2.47. The minimum atomic E-state index is -1.75. The zero-order valence-electron chi connectivity index (χ0n) is 40.5. The van der Waals surface area contributed by atoms with Crippen molar-refractivity contribution in [3.8, 4) is 0 Å². The van der Waals surface area contributed by atoms with Crippen LogP contribution >= 0.6 is 0 Å². The highest BCUT2D eigenvalue weighted by molar-refractivity contribution is 5.74. The number of hydrogen-bond acceptors (Lipinski definition) is 18. The molecule has 0 saturated carbocycles. The van der Waals surface area contributed by atoms with Gasteiger partial charge in [0.1, 0.15) is 24.7 Å². The van der Waals surface area contributed by atoms with E-state index >= 15 is 0 Å². The summed E-state index contributed by atoms with van der Waals surface area (Å²) in [5, 5.41) is 98.2. The van der Waals surface area contributed by atoms with E-state index in [0.717, 1.165) is 0 Å². The van der Waals surface area contributed by atoms with Gasteiger partial charge in [0.2, 0.25) is 0 Å². The smallest absolute Gasteiger partial charge is 0.314 e. The highest BCUT2D eigenvalue weighted by Gasteiger charge is 2.52. The highest BCUT2D eigenvalue weighted by atomic mass is 16.7. The molecule has 390 valence electrons. The number of ether oxygens (including phenoxy) is 6. The molecule has 0 amide bonds. The predicted octanol–water partition coefficient (Wildman–Crippen LogP) is 2.01. The normalized spacial score (nSPS) is 43.4. The Kier molecular flexibility index (Phi) is 26.1. The fourth-order valence-corrected chi connectivity index (χ4v) is 8.38. The fraction of sp³-hybridized carbons (Fsp3) is 0.647. The maximum atomic E-state index is 13.5. The number of rotatable bonds is 6. The lowest BCUT2D eigenvalue weighted by molar-refractivity contribution is -0.317. The molecule has 0 aromatic rings. The maximum Gasteiger partial charge on any atom is 0.314 e. The summed E-state index contributed by atoms with van der Waals surface area (Å²) in [6, 6.07) is -1.12. The minimum absolute atomic E-state index is 0.0745. The molecule has 18 heteroatoms. The van der Waals surface area contributed by atoms with Gasteiger partial charge < -0.3 is 80.1 Å². The lowest BCUT2D eigenvalue weighted by atomic mass is 9.82. The second-order valence-corrected chi connectivity index (χ2v) is 18.3. The molecule has 0 aromatic heterocycles. The molecule has 0 radical (unpaired) electrons. The number of fused-ring (bicyclic) bond motifs is 2. The second kappa shape index (κ2) is 30.2. The quantitative estimate of drug-likeness (QED) is 0.135. The molecule has 3 aliphatic rings. The van der Waals surface area contributed by atoms with Gasteiger partial charge in [0.05, 0.1) is 79.6 Å². The van der Waals surface area contributed by atoms with Gasteiger partial charge in [-0.25, -0.2) is 0 Å². The Labute approximate surface area is 406 Å². The number of hydrogen-bond donors (Lipinski definition) is 10. The molecule has 18 nitrogen and oxygen atoms in total. The van der Waals surface area contributed by atoms with Crippen molar-refractivity contribution in [2.45, 2.75) is 177 Å². The maximum absolute atomic E-state index is 13.5. The summed E-state index contributed by atoms with van der Waals surface area (Å²) >= 11 is 0. The first-order valence-corrected chi connectivity index (χ1v) is 23.8. The van der Waals surface area contributed by atoms with Gasteiger partial charge in [-0.3, -0.25) is 9.59 Å².